The summed E-state index contributed by atoms with van der Waals surface area (Å²) in [7, 11) is 0. The van der Waals surface area contributed by atoms with E-state index < -0.39 is 5.82 Å². The van der Waals surface area contributed by atoms with Crippen LogP contribution in [0.2, 0.25) is 0 Å². The molecule has 0 amide bonds. The Hall–Kier alpha value is -3.53. The molecule has 10 heteroatoms. The Bertz CT molecular complexity index is 1210. The van der Waals surface area contributed by atoms with Gasteiger partial charge >= 0.3 is 0 Å². The highest BCUT2D eigenvalue weighted by Gasteiger charge is 2.25. The second kappa shape index (κ2) is 7.95. The smallest absolute Gasteiger partial charge is 0.256 e. The Kier molecular flexibility index (Phi) is 4.99. The van der Waals surface area contributed by atoms with E-state index in [4.69, 9.17) is 10.2 Å². The number of nitrogen functional groups attached to an aromatic ring is 1. The number of anilines is 2. The first kappa shape index (κ1) is 19.4. The van der Waals surface area contributed by atoms with Gasteiger partial charge in [0, 0.05) is 30.8 Å². The fraction of sp³-hybridized carbons (Fsp3) is 0.286. The number of benzene rings is 1. The lowest BCUT2D eigenvalue weighted by Gasteiger charge is -2.25. The van der Waals surface area contributed by atoms with E-state index in [1.807, 2.05) is 0 Å². The zero-order valence-electron chi connectivity index (χ0n) is 16.6. The van der Waals surface area contributed by atoms with E-state index in [0.717, 1.165) is 25.5 Å². The third kappa shape index (κ3) is 3.93. The Labute approximate surface area is 176 Å². The summed E-state index contributed by atoms with van der Waals surface area (Å²) in [5.74, 6) is 1.44. The molecule has 1 aliphatic rings. The van der Waals surface area contributed by atoms with E-state index in [0.29, 0.717) is 47.7 Å². The number of nitrogens with one attached hydrogen (secondary N) is 1. The molecule has 3 N–H and O–H groups in total. The van der Waals surface area contributed by atoms with Gasteiger partial charge in [0.15, 0.2) is 5.76 Å². The van der Waals surface area contributed by atoms with Gasteiger partial charge < -0.3 is 15.5 Å². The van der Waals surface area contributed by atoms with Gasteiger partial charge in [0.25, 0.3) is 5.78 Å². The van der Waals surface area contributed by atoms with Crippen molar-refractivity contribution >= 4 is 17.4 Å². The molecule has 8 nitrogen and oxygen atoms in total. The monoisotopic (exact) mass is 425 g/mol. The quantitative estimate of drug-likeness (QED) is 0.489. The van der Waals surface area contributed by atoms with Crippen molar-refractivity contribution in [3.8, 4) is 11.6 Å². The highest BCUT2D eigenvalue weighted by Crippen LogP contribution is 2.23. The third-order valence-corrected chi connectivity index (χ3v) is 5.48. The Morgan fingerprint density at radius 3 is 2.94 bits per heavy atom. The summed E-state index contributed by atoms with van der Waals surface area (Å²) in [5, 5.41) is 7.63. The first-order valence-corrected chi connectivity index (χ1v) is 10.1. The standard InChI is InChI=1S/C21H21F2N7O/c22-14-5-6-16(23)13(9-14)12-29-7-1-3-15(29)11-25-19-10-18(24)30-21(26-19)27-20(28-30)17-4-2-8-31-17/h2,4-6,8-10,15H,1,3,7,11-12,24H2,(H,25,26,27,28). The molecule has 4 heterocycles. The van der Waals surface area contributed by atoms with Gasteiger partial charge in [-0.15, -0.1) is 5.10 Å². The highest BCUT2D eigenvalue weighted by atomic mass is 19.1. The summed E-state index contributed by atoms with van der Waals surface area (Å²) in [6, 6.07) is 8.95. The van der Waals surface area contributed by atoms with E-state index in [-0.39, 0.29) is 11.9 Å². The zero-order chi connectivity index (χ0) is 21.4. The number of hydrogen-bond donors (Lipinski definition) is 2. The van der Waals surface area contributed by atoms with Crippen LogP contribution in [0.1, 0.15) is 18.4 Å². The van der Waals surface area contributed by atoms with Crippen molar-refractivity contribution in [3.05, 3.63) is 59.9 Å². The van der Waals surface area contributed by atoms with Gasteiger partial charge in [0.2, 0.25) is 5.82 Å². The van der Waals surface area contributed by atoms with E-state index in [1.54, 1.807) is 24.5 Å². The number of halogens is 2. The number of likely N-dealkylation sites (tertiary alicyclic amines) is 1. The van der Waals surface area contributed by atoms with Crippen LogP contribution >= 0.6 is 0 Å². The number of hydrogen-bond acceptors (Lipinski definition) is 7. The van der Waals surface area contributed by atoms with Crippen LogP contribution in [0.5, 0.6) is 0 Å². The lowest BCUT2D eigenvalue weighted by atomic mass is 10.1. The molecule has 1 atom stereocenters. The topological polar surface area (TPSA) is 97.5 Å². The minimum absolute atomic E-state index is 0.165. The molecular weight excluding hydrogens is 404 g/mol. The number of fused-ring (bicyclic) bond motifs is 1. The molecule has 160 valence electrons. The highest BCUT2D eigenvalue weighted by molar-refractivity contribution is 5.56. The summed E-state index contributed by atoms with van der Waals surface area (Å²) in [4.78, 5) is 11.0. The molecule has 4 aromatic rings. The van der Waals surface area contributed by atoms with Gasteiger partial charge in [-0.1, -0.05) is 0 Å². The maximum absolute atomic E-state index is 14.0. The lowest BCUT2D eigenvalue weighted by Crippen LogP contribution is -2.35. The van der Waals surface area contributed by atoms with Crippen molar-refractivity contribution < 1.29 is 13.2 Å². The fourth-order valence-electron chi connectivity index (χ4n) is 3.93. The van der Waals surface area contributed by atoms with Gasteiger partial charge in [-0.2, -0.15) is 14.5 Å². The number of aromatic nitrogens is 4. The van der Waals surface area contributed by atoms with Gasteiger partial charge in [-0.25, -0.2) is 8.78 Å². The third-order valence-electron chi connectivity index (χ3n) is 5.48. The van der Waals surface area contributed by atoms with Crippen LogP contribution in [0.3, 0.4) is 0 Å². The van der Waals surface area contributed by atoms with Gasteiger partial charge in [0.05, 0.1) is 6.26 Å². The van der Waals surface area contributed by atoms with Crippen LogP contribution in [0.25, 0.3) is 17.4 Å². The van der Waals surface area contributed by atoms with Crippen LogP contribution < -0.4 is 11.1 Å². The molecule has 1 aromatic carbocycles. The van der Waals surface area contributed by atoms with E-state index in [2.05, 4.69) is 25.3 Å². The Balaban J connectivity index is 1.30. The molecule has 0 aliphatic carbocycles. The molecule has 0 spiro atoms. The molecule has 0 radical (unpaired) electrons. The molecule has 0 bridgehead atoms. The van der Waals surface area contributed by atoms with Crippen molar-refractivity contribution in [2.75, 3.05) is 24.1 Å². The number of furan rings is 1. The molecule has 1 saturated heterocycles. The summed E-state index contributed by atoms with van der Waals surface area (Å²) in [6.07, 6.45) is 3.50. The lowest BCUT2D eigenvalue weighted by molar-refractivity contribution is 0.250. The molecule has 3 aromatic heterocycles. The average Bonchev–Trinajstić information content (AvgIpc) is 3.49. The summed E-state index contributed by atoms with van der Waals surface area (Å²) >= 11 is 0. The predicted molar refractivity (Wildman–Crippen MR) is 111 cm³/mol. The number of rotatable bonds is 6. The second-order valence-corrected chi connectivity index (χ2v) is 7.57. The summed E-state index contributed by atoms with van der Waals surface area (Å²) in [6.45, 7) is 1.79. The van der Waals surface area contributed by atoms with Crippen LogP contribution in [0.4, 0.5) is 20.4 Å². The fourth-order valence-corrected chi connectivity index (χ4v) is 3.93. The zero-order valence-corrected chi connectivity index (χ0v) is 16.6. The van der Waals surface area contributed by atoms with Crippen LogP contribution in [-0.2, 0) is 6.54 Å². The Morgan fingerprint density at radius 2 is 2.10 bits per heavy atom. The molecule has 5 rings (SSSR count). The van der Waals surface area contributed by atoms with Crippen LogP contribution in [0.15, 0.2) is 47.1 Å². The van der Waals surface area contributed by atoms with Crippen molar-refractivity contribution in [1.82, 2.24) is 24.5 Å². The van der Waals surface area contributed by atoms with E-state index in [9.17, 15) is 8.78 Å². The van der Waals surface area contributed by atoms with Crippen molar-refractivity contribution in [1.29, 1.82) is 0 Å². The predicted octanol–water partition coefficient (Wildman–Crippen LogP) is 3.32. The molecule has 1 aliphatic heterocycles. The molecule has 1 unspecified atom stereocenters. The van der Waals surface area contributed by atoms with Gasteiger partial charge in [-0.05, 0) is 49.7 Å². The van der Waals surface area contributed by atoms with E-state index >= 15 is 0 Å². The number of nitrogens with two attached hydrogens (primary N) is 1. The summed E-state index contributed by atoms with van der Waals surface area (Å²) < 4.78 is 34.3. The number of nitrogens with zero attached hydrogens (tertiary/aromatic N) is 5. The SMILES string of the molecule is Nc1cc(NCC2CCCN2Cc2cc(F)ccc2F)nc2nc(-c3ccco3)nn12. The largest absolute Gasteiger partial charge is 0.461 e. The van der Waals surface area contributed by atoms with Crippen molar-refractivity contribution in [2.24, 2.45) is 0 Å². The van der Waals surface area contributed by atoms with Crippen LogP contribution in [0, 0.1) is 11.6 Å². The van der Waals surface area contributed by atoms with Gasteiger partial charge in [0.1, 0.15) is 23.3 Å². The normalized spacial score (nSPS) is 16.9. The van der Waals surface area contributed by atoms with Gasteiger partial charge in [-0.3, -0.25) is 4.90 Å². The first-order chi connectivity index (χ1) is 15.1. The molecule has 1 fully saturated rings. The average molecular weight is 425 g/mol. The van der Waals surface area contributed by atoms with E-state index in [1.165, 1.54) is 16.6 Å². The Morgan fingerprint density at radius 1 is 1.19 bits per heavy atom. The molecular formula is C21H21F2N7O. The second-order valence-electron chi connectivity index (χ2n) is 7.57. The minimum Gasteiger partial charge on any atom is -0.461 e. The van der Waals surface area contributed by atoms with Crippen molar-refractivity contribution in [2.45, 2.75) is 25.4 Å². The molecule has 31 heavy (non-hydrogen) atoms. The minimum atomic E-state index is -0.430. The maximum Gasteiger partial charge on any atom is 0.256 e. The van der Waals surface area contributed by atoms with Crippen LogP contribution in [-0.4, -0.2) is 43.6 Å². The first-order valence-electron chi connectivity index (χ1n) is 10.1. The molecule has 0 saturated carbocycles. The maximum atomic E-state index is 14.0. The van der Waals surface area contributed by atoms with Crippen molar-refractivity contribution in [3.63, 3.8) is 0 Å². The summed E-state index contributed by atoms with van der Waals surface area (Å²) in [5.41, 5.74) is 6.50.